The topological polar surface area (TPSA) is 178 Å². The first kappa shape index (κ1) is 47.2. The number of nitrogens with zero attached hydrogens (tertiary/aromatic N) is 1. The number of hydrogen-bond donors (Lipinski definition) is 3. The first-order valence-corrected chi connectivity index (χ1v) is 21.3. The number of cyclic esters (lactones) is 1. The lowest BCUT2D eigenvalue weighted by Crippen LogP contribution is -2.64. The van der Waals surface area contributed by atoms with Crippen molar-refractivity contribution in [3.63, 3.8) is 0 Å². The van der Waals surface area contributed by atoms with Gasteiger partial charge >= 0.3 is 5.97 Å². The van der Waals surface area contributed by atoms with E-state index in [-0.39, 0.29) is 49.5 Å². The molecule has 4 rings (SSSR count). The van der Waals surface area contributed by atoms with Gasteiger partial charge in [-0.05, 0) is 95.5 Å². The van der Waals surface area contributed by atoms with Gasteiger partial charge in [-0.15, -0.1) is 0 Å². The van der Waals surface area contributed by atoms with Crippen molar-refractivity contribution in [1.29, 1.82) is 0 Å². The fraction of sp³-hybridized carbons (Fsp3) is 0.818. The van der Waals surface area contributed by atoms with Gasteiger partial charge in [0.1, 0.15) is 24.0 Å². The fourth-order valence-electron chi connectivity index (χ4n) is 9.60. The molecule has 4 aliphatic rings. The molecule has 57 heavy (non-hydrogen) atoms. The molecule has 0 aromatic rings. The molecule has 1 amide bonds. The summed E-state index contributed by atoms with van der Waals surface area (Å²) in [7, 11) is 4.64. The molecule has 13 nitrogen and oxygen atoms in total. The maximum atomic E-state index is 14.3. The summed E-state index contributed by atoms with van der Waals surface area (Å²) >= 11 is 0. The number of aliphatic hydroxyl groups excluding tert-OH is 2. The molecule has 14 atom stereocenters. The molecular formula is C44H71NO12. The highest BCUT2D eigenvalue weighted by Crippen LogP contribution is 2.39. The molecule has 324 valence electrons. The summed E-state index contributed by atoms with van der Waals surface area (Å²) in [6, 6.07) is -1.13. The summed E-state index contributed by atoms with van der Waals surface area (Å²) < 4.78 is 29.8. The highest BCUT2D eigenvalue weighted by atomic mass is 16.7. The standard InChI is InChI=1S/C44H71NO12/c1-10-13-31-19-25(2)18-26(3)20-37(54-8)40-38(55-9)22-28(5)44(52,57-40)41(49)42(50)45-17-12-11-14-32(45)43(51)56-39(29(6)34(47)24-35(31)48)27(4)21-30-15-16-33(46)36(23-30)53-7/h19,21,26,28-34,36-40,46-47,52H,10-18,20,22-24H2,1-9H3/b25-19+,27-21+/t26-,28-,29-,30+,31+,32+,33-,34-,36+,37+,38-,39-,40+,44-/m1/s1. The third kappa shape index (κ3) is 11.4. The van der Waals surface area contributed by atoms with Crippen molar-refractivity contribution >= 4 is 23.4 Å². The van der Waals surface area contributed by atoms with Crippen molar-refractivity contribution in [1.82, 2.24) is 4.90 Å². The predicted octanol–water partition coefficient (Wildman–Crippen LogP) is 4.86. The number of esters is 1. The van der Waals surface area contributed by atoms with Crippen molar-refractivity contribution in [2.75, 3.05) is 27.9 Å². The number of hydrogen-bond acceptors (Lipinski definition) is 12. The number of rotatable bonds is 7. The van der Waals surface area contributed by atoms with Crippen LogP contribution in [-0.4, -0.2) is 126 Å². The number of amides is 1. The van der Waals surface area contributed by atoms with Gasteiger partial charge in [0.25, 0.3) is 11.7 Å². The van der Waals surface area contributed by atoms with E-state index in [4.69, 9.17) is 23.7 Å². The molecule has 3 N–H and O–H groups in total. The average molecular weight is 806 g/mol. The maximum Gasteiger partial charge on any atom is 0.329 e. The summed E-state index contributed by atoms with van der Waals surface area (Å²) in [6.45, 7) is 11.4. The third-order valence-corrected chi connectivity index (χ3v) is 13.1. The van der Waals surface area contributed by atoms with Crippen LogP contribution < -0.4 is 0 Å². The molecule has 1 saturated carbocycles. The molecule has 13 heteroatoms. The first-order valence-electron chi connectivity index (χ1n) is 21.3. The number of aliphatic hydroxyl groups is 3. The number of ketones is 2. The van der Waals surface area contributed by atoms with E-state index >= 15 is 0 Å². The van der Waals surface area contributed by atoms with Crippen LogP contribution in [0.3, 0.4) is 0 Å². The van der Waals surface area contributed by atoms with Crippen LogP contribution in [0.15, 0.2) is 23.3 Å². The van der Waals surface area contributed by atoms with E-state index in [1.165, 1.54) is 19.1 Å². The second kappa shape index (κ2) is 21.1. The highest BCUT2D eigenvalue weighted by molar-refractivity contribution is 6.39. The monoisotopic (exact) mass is 805 g/mol. The summed E-state index contributed by atoms with van der Waals surface area (Å²) in [5.74, 6) is -7.46. The predicted molar refractivity (Wildman–Crippen MR) is 213 cm³/mol. The van der Waals surface area contributed by atoms with Crippen LogP contribution in [0, 0.1) is 29.6 Å². The second-order valence-electron chi connectivity index (χ2n) is 17.5. The van der Waals surface area contributed by atoms with Gasteiger partial charge in [-0.25, -0.2) is 4.79 Å². The van der Waals surface area contributed by atoms with Crippen molar-refractivity contribution in [2.45, 2.75) is 173 Å². The molecule has 2 saturated heterocycles. The molecule has 0 aromatic carbocycles. The Bertz CT molecular complexity index is 1450. The SMILES string of the molecule is CCC[C@H]1/C=C(\C)C[C@@H](C)C[C@H](OC)[C@@H]2O[C@@](O)(C(=O)C(=O)N3CCCC[C@H]3C(=O)O[C@H](/C(C)=C/[C@@H]3CC[C@@H](O)[C@@H](OC)C3)[C@H](C)[C@H](O)CC1=O)[C@H](C)C[C@H]2OC. The molecule has 1 aliphatic carbocycles. The fourth-order valence-corrected chi connectivity index (χ4v) is 9.60. The van der Waals surface area contributed by atoms with Crippen LogP contribution in [0.4, 0.5) is 0 Å². The Morgan fingerprint density at radius 3 is 2.23 bits per heavy atom. The van der Waals surface area contributed by atoms with Crippen LogP contribution >= 0.6 is 0 Å². The largest absolute Gasteiger partial charge is 0.456 e. The van der Waals surface area contributed by atoms with E-state index in [1.54, 1.807) is 21.0 Å². The van der Waals surface area contributed by atoms with Crippen molar-refractivity contribution < 1.29 is 58.2 Å². The van der Waals surface area contributed by atoms with Crippen LogP contribution in [0.5, 0.6) is 0 Å². The Labute approximate surface area is 339 Å². The summed E-state index contributed by atoms with van der Waals surface area (Å²) in [5.41, 5.74) is 1.67. The van der Waals surface area contributed by atoms with Crippen LogP contribution in [0.1, 0.15) is 119 Å². The van der Waals surface area contributed by atoms with Crippen molar-refractivity contribution in [3.8, 4) is 0 Å². The minimum absolute atomic E-state index is 0.000416. The van der Waals surface area contributed by atoms with Gasteiger partial charge in [0.15, 0.2) is 0 Å². The smallest absolute Gasteiger partial charge is 0.329 e. The number of allylic oxidation sites excluding steroid dienone is 3. The summed E-state index contributed by atoms with van der Waals surface area (Å²) in [4.78, 5) is 57.9. The number of carbonyl (C=O) groups excluding carboxylic acids is 4. The van der Waals surface area contributed by atoms with Crippen LogP contribution in [0.25, 0.3) is 0 Å². The number of piperidine rings is 1. The first-order chi connectivity index (χ1) is 27.0. The zero-order chi connectivity index (χ0) is 42.2. The Kier molecular flexibility index (Phi) is 17.5. The molecular weight excluding hydrogens is 734 g/mol. The minimum Gasteiger partial charge on any atom is -0.456 e. The van der Waals surface area contributed by atoms with Crippen molar-refractivity contribution in [3.05, 3.63) is 23.3 Å². The lowest BCUT2D eigenvalue weighted by molar-refractivity contribution is -0.302. The van der Waals surface area contributed by atoms with Gasteiger partial charge in [-0.1, -0.05) is 51.8 Å². The van der Waals surface area contributed by atoms with E-state index in [0.717, 1.165) is 12.0 Å². The molecule has 3 heterocycles. The van der Waals surface area contributed by atoms with Gasteiger partial charge in [0.05, 0.1) is 30.5 Å². The van der Waals surface area contributed by atoms with Gasteiger partial charge in [0, 0.05) is 52.0 Å². The second-order valence-corrected chi connectivity index (χ2v) is 17.5. The summed E-state index contributed by atoms with van der Waals surface area (Å²) in [5, 5.41) is 34.2. The Morgan fingerprint density at radius 1 is 0.912 bits per heavy atom. The number of ether oxygens (including phenoxy) is 5. The molecule has 2 bridgehead atoms. The molecule has 3 aliphatic heterocycles. The Balaban J connectivity index is 1.77. The van der Waals surface area contributed by atoms with Gasteiger partial charge < -0.3 is 43.9 Å². The van der Waals surface area contributed by atoms with E-state index in [9.17, 15) is 34.5 Å². The average Bonchev–Trinajstić information content (AvgIpc) is 3.18. The molecule has 0 unspecified atom stereocenters. The number of methoxy groups -OCH3 is 3. The Hall–Kier alpha value is -2.52. The van der Waals surface area contributed by atoms with E-state index in [2.05, 4.69) is 6.92 Å². The van der Waals surface area contributed by atoms with E-state index in [1.807, 2.05) is 32.9 Å². The maximum absolute atomic E-state index is 14.3. The summed E-state index contributed by atoms with van der Waals surface area (Å²) in [6.07, 6.45) is 4.60. The number of Topliss-reactive ketones (excluding diaryl/α,β-unsaturated/α-hetero) is 2. The van der Waals surface area contributed by atoms with E-state index < -0.39 is 83.9 Å². The van der Waals surface area contributed by atoms with Crippen LogP contribution in [0.2, 0.25) is 0 Å². The van der Waals surface area contributed by atoms with Gasteiger partial charge in [-0.3, -0.25) is 14.4 Å². The van der Waals surface area contributed by atoms with E-state index in [0.29, 0.717) is 56.9 Å². The minimum atomic E-state index is -2.50. The van der Waals surface area contributed by atoms with Crippen molar-refractivity contribution in [2.24, 2.45) is 29.6 Å². The number of fused-ring (bicyclic) bond motifs is 3. The normalized spacial score (nSPS) is 41.1. The van der Waals surface area contributed by atoms with Gasteiger partial charge in [-0.2, -0.15) is 0 Å². The third-order valence-electron chi connectivity index (χ3n) is 13.1. The Morgan fingerprint density at radius 2 is 1.58 bits per heavy atom. The number of carbonyl (C=O) groups is 4. The lowest BCUT2D eigenvalue weighted by atomic mass is 9.81. The quantitative estimate of drug-likeness (QED) is 0.181. The highest BCUT2D eigenvalue weighted by Gasteiger charge is 2.56. The molecule has 0 radical (unpaired) electrons. The molecule has 3 fully saturated rings. The zero-order valence-corrected chi connectivity index (χ0v) is 35.8. The zero-order valence-electron chi connectivity index (χ0n) is 35.8. The molecule has 0 aromatic heterocycles. The lowest BCUT2D eigenvalue weighted by Gasteiger charge is -2.47. The molecule has 0 spiro atoms. The van der Waals surface area contributed by atoms with Crippen LogP contribution in [-0.2, 0) is 42.9 Å². The van der Waals surface area contributed by atoms with Gasteiger partial charge in [0.2, 0.25) is 5.79 Å².